The largest absolute Gasteiger partial charge is 1.00 e. The molecule has 0 fully saturated rings. The van der Waals surface area contributed by atoms with Crippen LogP contribution in [0.2, 0.25) is 8.26 Å². The summed E-state index contributed by atoms with van der Waals surface area (Å²) < 4.78 is 7.25. The van der Waals surface area contributed by atoms with Crippen molar-refractivity contribution in [2.24, 2.45) is 0 Å². The molecule has 2 aromatic rings. The van der Waals surface area contributed by atoms with E-state index in [0.717, 1.165) is 0 Å². The maximum Gasteiger partial charge on any atom is -1.00 e. The third kappa shape index (κ3) is 7.20. The molecule has 0 saturated carbocycles. The van der Waals surface area contributed by atoms with Crippen molar-refractivity contribution in [3.8, 4) is 0 Å². The summed E-state index contributed by atoms with van der Waals surface area (Å²) in [4.78, 5) is 0. The molecule has 42 heavy (non-hydrogen) atoms. The van der Waals surface area contributed by atoms with Gasteiger partial charge in [-0.3, -0.25) is 0 Å². The molecule has 0 aliphatic heterocycles. The van der Waals surface area contributed by atoms with Crippen molar-refractivity contribution in [1.29, 1.82) is 0 Å². The molecule has 2 aromatic carbocycles. The van der Waals surface area contributed by atoms with E-state index in [9.17, 15) is 0 Å². The van der Waals surface area contributed by atoms with E-state index in [1.165, 1.54) is 56.2 Å². The van der Waals surface area contributed by atoms with Crippen molar-refractivity contribution in [2.45, 2.75) is 81.7 Å². The summed E-state index contributed by atoms with van der Waals surface area (Å²) in [6, 6.07) is 14.1. The Hall–Kier alpha value is -0.774. The Bertz CT molecular complexity index is 1330. The van der Waals surface area contributed by atoms with Gasteiger partial charge < -0.3 is 24.8 Å². The molecule has 6 rings (SSSR count). The van der Waals surface area contributed by atoms with Crippen LogP contribution in [0.15, 0.2) is 91.6 Å². The zero-order chi connectivity index (χ0) is 28.3. The second-order valence-corrected chi connectivity index (χ2v) is 27.8. The summed E-state index contributed by atoms with van der Waals surface area (Å²) in [5.74, 6) is 0. The summed E-state index contributed by atoms with van der Waals surface area (Å²) in [6.45, 7) is 14.1. The fourth-order valence-electron chi connectivity index (χ4n) is 7.15. The van der Waals surface area contributed by atoms with Crippen LogP contribution in [0.4, 0.5) is 0 Å². The van der Waals surface area contributed by atoms with Crippen LogP contribution < -0.4 is 24.8 Å². The first-order valence-corrected chi connectivity index (χ1v) is 23.7. The van der Waals surface area contributed by atoms with Crippen molar-refractivity contribution in [3.63, 3.8) is 0 Å². The van der Waals surface area contributed by atoms with Gasteiger partial charge in [0.15, 0.2) is 0 Å². The van der Waals surface area contributed by atoms with E-state index in [2.05, 4.69) is 139 Å². The van der Waals surface area contributed by atoms with Crippen molar-refractivity contribution in [2.75, 3.05) is 0 Å². The van der Waals surface area contributed by atoms with Gasteiger partial charge in [0.05, 0.1) is 0 Å². The Morgan fingerprint density at radius 1 is 0.643 bits per heavy atom. The first-order chi connectivity index (χ1) is 19.3. The van der Waals surface area contributed by atoms with Crippen molar-refractivity contribution < 1.29 is 68.3 Å². The molecule has 0 radical (unpaired) electrons. The van der Waals surface area contributed by atoms with Gasteiger partial charge in [-0.1, -0.05) is 0 Å². The minimum absolute atomic E-state index is 0. The minimum atomic E-state index is -1.67. The molecule has 0 heterocycles. The smallest absolute Gasteiger partial charge is 1.00 e. The first kappa shape index (κ1) is 35.7. The fourth-order valence-corrected chi connectivity index (χ4v) is 24.4. The fraction of sp³-hybridized carbons (Fsp3) is 0.368. The summed E-state index contributed by atoms with van der Waals surface area (Å²) >= 11 is -3.34. The summed E-state index contributed by atoms with van der Waals surface area (Å²) in [6.07, 6.45) is 29.0. The molecule has 4 aliphatic rings. The van der Waals surface area contributed by atoms with E-state index >= 15 is 0 Å². The molecule has 2 atom stereocenters. The molecular weight excluding hydrogens is 710 g/mol. The maximum atomic E-state index is 2.53. The number of rotatable bonds is 8. The van der Waals surface area contributed by atoms with Crippen LogP contribution >= 0.6 is 0 Å². The van der Waals surface area contributed by atoms with Crippen LogP contribution in [-0.4, -0.2) is 0 Å². The molecule has 4 heteroatoms. The van der Waals surface area contributed by atoms with Gasteiger partial charge in [0, 0.05) is 0 Å². The average Bonchev–Trinajstić information content (AvgIpc) is 3.75. The minimum Gasteiger partial charge on any atom is -1.00 e. The van der Waals surface area contributed by atoms with E-state index in [0.29, 0.717) is 6.25 Å². The number of fused-ring (bicyclic) bond motifs is 2. The molecule has 0 bridgehead atoms. The quantitative estimate of drug-likeness (QED) is 0.354. The van der Waals surface area contributed by atoms with E-state index in [4.69, 9.17) is 0 Å². The zero-order valence-corrected chi connectivity index (χ0v) is 32.7. The molecule has 0 amide bonds. The standard InChI is InChI=1S/2C11H11.2C5H5.2C3H7.2ClH.2Zr/c2*1-8-3-6-11-9(2)4-5-10(11)7-8;2*1-2-4-5-3-1;2*1-3-2;;;;/h2*3-7H,1-2H3;2*1-3H,4H2;2*1,3H2,2H3;2*1H;;/q;;;;;;;;2*+1/p-2. The summed E-state index contributed by atoms with van der Waals surface area (Å²) in [5, 5.41) is 0. The molecule has 0 saturated heterocycles. The van der Waals surface area contributed by atoms with Gasteiger partial charge in [-0.25, -0.2) is 0 Å². The second-order valence-electron chi connectivity index (χ2n) is 12.4. The van der Waals surface area contributed by atoms with Crippen LogP contribution in [0.5, 0.6) is 0 Å². The number of benzene rings is 2. The topological polar surface area (TPSA) is 0 Å². The van der Waals surface area contributed by atoms with Gasteiger partial charge in [0.25, 0.3) is 0 Å². The Morgan fingerprint density at radius 2 is 1.05 bits per heavy atom. The van der Waals surface area contributed by atoms with Crippen LogP contribution in [-0.2, 0) is 49.7 Å². The Balaban J connectivity index is 0.000000220. The van der Waals surface area contributed by atoms with Crippen LogP contribution in [0.1, 0.15) is 86.8 Å². The summed E-state index contributed by atoms with van der Waals surface area (Å²) in [7, 11) is 0. The van der Waals surface area contributed by atoms with Gasteiger partial charge in [-0.05, 0) is 0 Å². The molecule has 0 spiro atoms. The molecule has 0 aromatic heterocycles. The van der Waals surface area contributed by atoms with Gasteiger partial charge in [-0.15, -0.1) is 0 Å². The van der Waals surface area contributed by atoms with Crippen molar-refractivity contribution in [3.05, 3.63) is 125 Å². The Kier molecular flexibility index (Phi) is 13.2. The van der Waals surface area contributed by atoms with Crippen molar-refractivity contribution in [1.82, 2.24) is 0 Å². The van der Waals surface area contributed by atoms with Crippen molar-refractivity contribution >= 4 is 12.2 Å². The average molecular weight is 756 g/mol. The zero-order valence-electron chi connectivity index (χ0n) is 26.2. The third-order valence-corrected chi connectivity index (χ3v) is 28.2. The number of allylic oxidation sites excluding steroid dienone is 10. The second kappa shape index (κ2) is 15.5. The molecule has 0 nitrogen and oxygen atoms in total. The van der Waals surface area contributed by atoms with Gasteiger partial charge in [0.1, 0.15) is 0 Å². The Labute approximate surface area is 284 Å². The first-order valence-electron chi connectivity index (χ1n) is 15.4. The van der Waals surface area contributed by atoms with Gasteiger partial charge in [-0.2, -0.15) is 0 Å². The number of halogens is 2. The molecule has 4 aliphatic carbocycles. The normalized spacial score (nSPS) is 22.0. The molecular formula is C38H46Cl2Zr2. The number of aryl methyl sites for hydroxylation is 2. The Morgan fingerprint density at radius 3 is 1.38 bits per heavy atom. The van der Waals surface area contributed by atoms with E-state index in [1.54, 1.807) is 17.7 Å². The molecule has 220 valence electrons. The van der Waals surface area contributed by atoms with Crippen LogP contribution in [0.3, 0.4) is 0 Å². The maximum absolute atomic E-state index is 2.53. The number of hydrogen-bond donors (Lipinski definition) is 0. The van der Waals surface area contributed by atoms with Crippen LogP contribution in [0.25, 0.3) is 12.2 Å². The SMILES string of the molecule is CC[CH2][Zr+]([C]1=CC=CC1)[C]1(C)C=Cc2cc(C)ccc21.CC[CH2][Zr+]([C]1=CC=CC1)[C]1(C)C=Cc2cc(C)ccc21.[Cl-].[Cl-]. The van der Waals surface area contributed by atoms with Gasteiger partial charge in [0.2, 0.25) is 0 Å². The molecule has 2 unspecified atom stereocenters. The van der Waals surface area contributed by atoms with E-state index in [1.807, 2.05) is 0 Å². The van der Waals surface area contributed by atoms with E-state index < -0.39 is 43.5 Å². The predicted molar refractivity (Wildman–Crippen MR) is 169 cm³/mol. The van der Waals surface area contributed by atoms with E-state index in [-0.39, 0.29) is 24.8 Å². The number of hydrogen-bond acceptors (Lipinski definition) is 0. The third-order valence-electron chi connectivity index (χ3n) is 9.30. The summed E-state index contributed by atoms with van der Waals surface area (Å²) in [5.41, 5.74) is 8.87. The molecule has 0 N–H and O–H groups in total. The van der Waals surface area contributed by atoms with Crippen LogP contribution in [0, 0.1) is 13.8 Å². The van der Waals surface area contributed by atoms with Gasteiger partial charge >= 0.3 is 262 Å². The predicted octanol–water partition coefficient (Wildman–Crippen LogP) is 5.06. The monoisotopic (exact) mass is 752 g/mol.